The van der Waals surface area contributed by atoms with Crippen LogP contribution in [-0.4, -0.2) is 22.2 Å². The topological polar surface area (TPSA) is 59.4 Å². The molecule has 0 aromatic carbocycles. The summed E-state index contributed by atoms with van der Waals surface area (Å²) in [7, 11) is 0. The van der Waals surface area contributed by atoms with E-state index in [4.69, 9.17) is 9.84 Å². The van der Waals surface area contributed by atoms with Crippen molar-refractivity contribution >= 4 is 21.9 Å². The zero-order chi connectivity index (χ0) is 10.1. The van der Waals surface area contributed by atoms with Gasteiger partial charge in [0.15, 0.2) is 0 Å². The molecule has 1 heterocycles. The SMILES string of the molecule is O=C(O)c1cc(OC2CC2)cnc1Br. The Labute approximate surface area is 89.0 Å². The minimum atomic E-state index is -1.01. The van der Waals surface area contributed by atoms with Crippen molar-refractivity contribution in [1.82, 2.24) is 4.98 Å². The molecule has 0 radical (unpaired) electrons. The molecule has 1 N–H and O–H groups in total. The molecule has 0 spiro atoms. The van der Waals surface area contributed by atoms with Crippen LogP contribution in [0.25, 0.3) is 0 Å². The highest BCUT2D eigenvalue weighted by Gasteiger charge is 2.24. The summed E-state index contributed by atoms with van der Waals surface area (Å²) >= 11 is 3.07. The second-order valence-electron chi connectivity index (χ2n) is 3.13. The van der Waals surface area contributed by atoms with Gasteiger partial charge in [-0.3, -0.25) is 0 Å². The number of hydrogen-bond donors (Lipinski definition) is 1. The molecular weight excluding hydrogens is 250 g/mol. The summed E-state index contributed by atoms with van der Waals surface area (Å²) in [6.45, 7) is 0. The molecule has 1 aliphatic carbocycles. The van der Waals surface area contributed by atoms with Gasteiger partial charge in [-0.2, -0.15) is 0 Å². The number of ether oxygens (including phenoxy) is 1. The average molecular weight is 258 g/mol. The predicted octanol–water partition coefficient (Wildman–Crippen LogP) is 2.08. The highest BCUT2D eigenvalue weighted by atomic mass is 79.9. The molecule has 1 aromatic heterocycles. The lowest BCUT2D eigenvalue weighted by Crippen LogP contribution is -2.02. The molecule has 1 aromatic rings. The van der Waals surface area contributed by atoms with Crippen molar-refractivity contribution in [2.75, 3.05) is 0 Å². The molecule has 5 heteroatoms. The van der Waals surface area contributed by atoms with E-state index in [9.17, 15) is 4.79 Å². The maximum atomic E-state index is 10.7. The summed E-state index contributed by atoms with van der Waals surface area (Å²) in [5.74, 6) is -0.487. The number of nitrogens with zero attached hydrogens (tertiary/aromatic N) is 1. The lowest BCUT2D eigenvalue weighted by Gasteiger charge is -2.05. The van der Waals surface area contributed by atoms with E-state index in [1.165, 1.54) is 12.3 Å². The highest BCUT2D eigenvalue weighted by molar-refractivity contribution is 9.10. The summed E-state index contributed by atoms with van der Waals surface area (Å²) in [4.78, 5) is 14.6. The van der Waals surface area contributed by atoms with Crippen molar-refractivity contribution in [1.29, 1.82) is 0 Å². The highest BCUT2D eigenvalue weighted by Crippen LogP contribution is 2.28. The zero-order valence-corrected chi connectivity index (χ0v) is 8.82. The Balaban J connectivity index is 2.24. The molecule has 14 heavy (non-hydrogen) atoms. The third-order valence-corrected chi connectivity index (χ3v) is 2.50. The Morgan fingerprint density at radius 2 is 2.36 bits per heavy atom. The lowest BCUT2D eigenvalue weighted by atomic mass is 10.3. The first-order chi connectivity index (χ1) is 6.66. The second-order valence-corrected chi connectivity index (χ2v) is 3.88. The summed E-state index contributed by atoms with van der Waals surface area (Å²) in [5, 5.41) is 8.81. The van der Waals surface area contributed by atoms with Crippen LogP contribution in [0.15, 0.2) is 16.9 Å². The van der Waals surface area contributed by atoms with Crippen LogP contribution < -0.4 is 4.74 Å². The van der Waals surface area contributed by atoms with Crippen LogP contribution in [-0.2, 0) is 0 Å². The first-order valence-electron chi connectivity index (χ1n) is 4.22. The number of aromatic carboxylic acids is 1. The van der Waals surface area contributed by atoms with E-state index in [2.05, 4.69) is 20.9 Å². The van der Waals surface area contributed by atoms with Crippen molar-refractivity contribution < 1.29 is 14.6 Å². The minimum absolute atomic E-state index is 0.128. The van der Waals surface area contributed by atoms with E-state index >= 15 is 0 Å². The molecule has 1 fully saturated rings. The third kappa shape index (κ3) is 2.04. The minimum Gasteiger partial charge on any atom is -0.489 e. The number of carboxylic acids is 1. The fraction of sp³-hybridized carbons (Fsp3) is 0.333. The van der Waals surface area contributed by atoms with E-state index in [1.807, 2.05) is 0 Å². The van der Waals surface area contributed by atoms with Crippen molar-refractivity contribution in [2.24, 2.45) is 0 Å². The van der Waals surface area contributed by atoms with Gasteiger partial charge < -0.3 is 9.84 Å². The average Bonchev–Trinajstić information content (AvgIpc) is 2.92. The number of carbonyl (C=O) groups is 1. The van der Waals surface area contributed by atoms with Gasteiger partial charge in [0.1, 0.15) is 10.4 Å². The Morgan fingerprint density at radius 3 is 2.93 bits per heavy atom. The normalized spacial score (nSPS) is 15.2. The molecule has 4 nitrogen and oxygen atoms in total. The van der Waals surface area contributed by atoms with Crippen molar-refractivity contribution in [3.05, 3.63) is 22.4 Å². The molecule has 2 rings (SSSR count). The molecule has 0 atom stereocenters. The number of pyridine rings is 1. The molecule has 0 amide bonds. The monoisotopic (exact) mass is 257 g/mol. The number of carboxylic acid groups (broad SMARTS) is 1. The van der Waals surface area contributed by atoms with Gasteiger partial charge in [0.25, 0.3) is 0 Å². The van der Waals surface area contributed by atoms with E-state index in [0.29, 0.717) is 10.4 Å². The molecular formula is C9H8BrNO3. The maximum absolute atomic E-state index is 10.7. The summed E-state index contributed by atoms with van der Waals surface area (Å²) in [5.41, 5.74) is 0.128. The van der Waals surface area contributed by atoms with Crippen LogP contribution in [0.2, 0.25) is 0 Å². The number of aromatic nitrogens is 1. The standard InChI is InChI=1S/C9H8BrNO3/c10-8-7(9(12)13)3-6(4-11-8)14-5-1-2-5/h3-5H,1-2H2,(H,12,13). The molecule has 1 aliphatic rings. The van der Waals surface area contributed by atoms with Crippen LogP contribution in [0.1, 0.15) is 23.2 Å². The number of rotatable bonds is 3. The van der Waals surface area contributed by atoms with Crippen molar-refractivity contribution in [3.8, 4) is 5.75 Å². The molecule has 0 aliphatic heterocycles. The third-order valence-electron chi connectivity index (χ3n) is 1.87. The van der Waals surface area contributed by atoms with Crippen LogP contribution in [0, 0.1) is 0 Å². The summed E-state index contributed by atoms with van der Waals surface area (Å²) in [6, 6.07) is 1.48. The van der Waals surface area contributed by atoms with Gasteiger partial charge in [-0.25, -0.2) is 9.78 Å². The van der Waals surface area contributed by atoms with Gasteiger partial charge >= 0.3 is 5.97 Å². The van der Waals surface area contributed by atoms with Gasteiger partial charge in [0.05, 0.1) is 17.9 Å². The first kappa shape index (κ1) is 9.45. The molecule has 0 saturated heterocycles. The number of halogens is 1. The Bertz CT molecular complexity index is 376. The van der Waals surface area contributed by atoms with E-state index in [1.54, 1.807) is 0 Å². The first-order valence-corrected chi connectivity index (χ1v) is 5.01. The molecule has 0 bridgehead atoms. The van der Waals surface area contributed by atoms with Crippen molar-refractivity contribution in [2.45, 2.75) is 18.9 Å². The van der Waals surface area contributed by atoms with Crippen LogP contribution >= 0.6 is 15.9 Å². The Hall–Kier alpha value is -1.10. The lowest BCUT2D eigenvalue weighted by molar-refractivity contribution is 0.0694. The Kier molecular flexibility index (Phi) is 2.41. The van der Waals surface area contributed by atoms with E-state index in [0.717, 1.165) is 12.8 Å². The molecule has 74 valence electrons. The smallest absolute Gasteiger partial charge is 0.338 e. The van der Waals surface area contributed by atoms with Gasteiger partial charge in [-0.05, 0) is 34.8 Å². The van der Waals surface area contributed by atoms with Gasteiger partial charge in [0.2, 0.25) is 0 Å². The maximum Gasteiger partial charge on any atom is 0.338 e. The quantitative estimate of drug-likeness (QED) is 0.843. The fourth-order valence-electron chi connectivity index (χ4n) is 1.02. The van der Waals surface area contributed by atoms with Crippen molar-refractivity contribution in [3.63, 3.8) is 0 Å². The van der Waals surface area contributed by atoms with E-state index < -0.39 is 5.97 Å². The van der Waals surface area contributed by atoms with Gasteiger partial charge in [0, 0.05) is 0 Å². The fourth-order valence-corrected chi connectivity index (χ4v) is 1.41. The zero-order valence-electron chi connectivity index (χ0n) is 7.24. The van der Waals surface area contributed by atoms with Crippen LogP contribution in [0.4, 0.5) is 0 Å². The largest absolute Gasteiger partial charge is 0.489 e. The summed E-state index contributed by atoms with van der Waals surface area (Å²) in [6.07, 6.45) is 3.85. The van der Waals surface area contributed by atoms with E-state index in [-0.39, 0.29) is 11.7 Å². The predicted molar refractivity (Wildman–Crippen MR) is 52.5 cm³/mol. The second kappa shape index (κ2) is 3.57. The van der Waals surface area contributed by atoms with Crippen LogP contribution in [0.5, 0.6) is 5.75 Å². The summed E-state index contributed by atoms with van der Waals surface area (Å²) < 4.78 is 5.75. The molecule has 1 saturated carbocycles. The number of hydrogen-bond acceptors (Lipinski definition) is 3. The van der Waals surface area contributed by atoms with Gasteiger partial charge in [-0.15, -0.1) is 0 Å². The van der Waals surface area contributed by atoms with Crippen LogP contribution in [0.3, 0.4) is 0 Å². The van der Waals surface area contributed by atoms with Gasteiger partial charge in [-0.1, -0.05) is 0 Å². The molecule has 0 unspecified atom stereocenters. The Morgan fingerprint density at radius 1 is 1.64 bits per heavy atom.